The zero-order valence-electron chi connectivity index (χ0n) is 25.3. The molecule has 47 heavy (non-hydrogen) atoms. The highest BCUT2D eigenvalue weighted by molar-refractivity contribution is 5.99. The molecule has 9 nitrogen and oxygen atoms in total. The SMILES string of the molecule is CC(=O)c1cccc(C(=O)NCc2cccc(-c3cccc(CN4CCN[C@H](C)C4)c3)c2)c1.O=C(O)C(F)(F)F.O=C(O)C(F)(F)F. The van der Waals surface area contributed by atoms with Gasteiger partial charge in [-0.15, -0.1) is 0 Å². The Labute approximate surface area is 266 Å². The fourth-order valence-corrected chi connectivity index (χ4v) is 4.29. The number of carbonyl (C=O) groups is 4. The molecule has 0 aromatic heterocycles. The number of alkyl halides is 6. The van der Waals surface area contributed by atoms with Crippen LogP contribution < -0.4 is 10.6 Å². The minimum Gasteiger partial charge on any atom is -0.475 e. The number of amides is 1. The molecule has 1 heterocycles. The lowest BCUT2D eigenvalue weighted by Gasteiger charge is -2.31. The summed E-state index contributed by atoms with van der Waals surface area (Å²) in [5.41, 5.74) is 5.69. The summed E-state index contributed by atoms with van der Waals surface area (Å²) >= 11 is 0. The Morgan fingerprint density at radius 1 is 0.809 bits per heavy atom. The van der Waals surface area contributed by atoms with Crippen LogP contribution in [0.3, 0.4) is 0 Å². The topological polar surface area (TPSA) is 136 Å². The van der Waals surface area contributed by atoms with Crippen LogP contribution in [0.2, 0.25) is 0 Å². The van der Waals surface area contributed by atoms with Gasteiger partial charge in [-0.3, -0.25) is 14.5 Å². The number of piperazine rings is 1. The number of hydrogen-bond acceptors (Lipinski definition) is 6. The van der Waals surface area contributed by atoms with Gasteiger partial charge < -0.3 is 20.8 Å². The highest BCUT2D eigenvalue weighted by Gasteiger charge is 2.38. The maximum Gasteiger partial charge on any atom is 0.490 e. The second-order valence-corrected chi connectivity index (χ2v) is 10.4. The van der Waals surface area contributed by atoms with Crippen molar-refractivity contribution in [2.24, 2.45) is 0 Å². The van der Waals surface area contributed by atoms with Gasteiger partial charge >= 0.3 is 24.3 Å². The number of halogens is 6. The highest BCUT2D eigenvalue weighted by Crippen LogP contribution is 2.23. The average Bonchev–Trinajstić information content (AvgIpc) is 3.00. The van der Waals surface area contributed by atoms with Gasteiger partial charge in [0.2, 0.25) is 0 Å². The summed E-state index contributed by atoms with van der Waals surface area (Å²) in [6.07, 6.45) is -10.2. The maximum absolute atomic E-state index is 12.6. The molecule has 3 aromatic carbocycles. The predicted octanol–water partition coefficient (Wildman–Crippen LogP) is 5.55. The van der Waals surface area contributed by atoms with Crippen molar-refractivity contribution >= 4 is 23.6 Å². The van der Waals surface area contributed by atoms with Gasteiger partial charge in [0.15, 0.2) is 5.78 Å². The fourth-order valence-electron chi connectivity index (χ4n) is 4.29. The minimum absolute atomic E-state index is 0.0500. The van der Waals surface area contributed by atoms with E-state index in [1.165, 1.54) is 18.1 Å². The van der Waals surface area contributed by atoms with E-state index >= 15 is 0 Å². The summed E-state index contributed by atoms with van der Waals surface area (Å²) in [6, 6.07) is 24.3. The smallest absolute Gasteiger partial charge is 0.475 e. The van der Waals surface area contributed by atoms with Gasteiger partial charge in [0.05, 0.1) is 0 Å². The van der Waals surface area contributed by atoms with Crippen LogP contribution >= 0.6 is 0 Å². The van der Waals surface area contributed by atoms with E-state index in [0.717, 1.165) is 37.3 Å². The predicted molar refractivity (Wildman–Crippen MR) is 160 cm³/mol. The number of carboxylic acids is 2. The van der Waals surface area contributed by atoms with Crippen molar-refractivity contribution in [2.75, 3.05) is 19.6 Å². The molecular formula is C32H33F6N3O6. The largest absolute Gasteiger partial charge is 0.490 e. The number of ketones is 1. The van der Waals surface area contributed by atoms with Crippen molar-refractivity contribution in [2.45, 2.75) is 45.3 Å². The van der Waals surface area contributed by atoms with Crippen molar-refractivity contribution in [1.82, 2.24) is 15.5 Å². The first-order valence-corrected chi connectivity index (χ1v) is 14.0. The molecule has 1 fully saturated rings. The molecule has 0 radical (unpaired) electrons. The van der Waals surface area contributed by atoms with Crippen LogP contribution in [0.1, 0.15) is 45.7 Å². The van der Waals surface area contributed by atoms with Crippen molar-refractivity contribution in [3.63, 3.8) is 0 Å². The summed E-state index contributed by atoms with van der Waals surface area (Å²) in [5, 5.41) is 20.7. The van der Waals surface area contributed by atoms with Crippen molar-refractivity contribution < 1.29 is 55.7 Å². The van der Waals surface area contributed by atoms with E-state index in [1.54, 1.807) is 24.3 Å². The third-order valence-electron chi connectivity index (χ3n) is 6.52. The van der Waals surface area contributed by atoms with Crippen molar-refractivity contribution in [1.29, 1.82) is 0 Å². The number of rotatable bonds is 7. The number of hydrogen-bond donors (Lipinski definition) is 4. The summed E-state index contributed by atoms with van der Waals surface area (Å²) < 4.78 is 63.5. The Hall–Kier alpha value is -4.76. The molecule has 1 atom stereocenters. The minimum atomic E-state index is -5.08. The highest BCUT2D eigenvalue weighted by atomic mass is 19.4. The molecule has 15 heteroatoms. The Morgan fingerprint density at radius 3 is 1.81 bits per heavy atom. The van der Waals surface area contributed by atoms with Gasteiger partial charge in [0.1, 0.15) is 0 Å². The first-order chi connectivity index (χ1) is 21.9. The number of carboxylic acid groups (broad SMARTS) is 2. The zero-order valence-corrected chi connectivity index (χ0v) is 25.3. The quantitative estimate of drug-likeness (QED) is 0.190. The molecule has 0 unspecified atom stereocenters. The second-order valence-electron chi connectivity index (χ2n) is 10.4. The number of carbonyl (C=O) groups excluding carboxylic acids is 2. The molecule has 0 spiro atoms. The average molecular weight is 670 g/mol. The molecule has 1 amide bonds. The zero-order chi connectivity index (χ0) is 35.4. The Bertz CT molecular complexity index is 1520. The Morgan fingerprint density at radius 2 is 1.30 bits per heavy atom. The van der Waals surface area contributed by atoms with Crippen LogP contribution in [0.5, 0.6) is 0 Å². The summed E-state index contributed by atoms with van der Waals surface area (Å²) in [7, 11) is 0. The van der Waals surface area contributed by atoms with Crippen molar-refractivity contribution in [3.8, 4) is 11.1 Å². The molecule has 1 saturated heterocycles. The van der Waals surface area contributed by atoms with E-state index < -0.39 is 24.3 Å². The first-order valence-electron chi connectivity index (χ1n) is 14.0. The molecule has 3 aromatic rings. The first kappa shape index (κ1) is 38.4. The molecule has 1 aliphatic rings. The van der Waals surface area contributed by atoms with E-state index in [9.17, 15) is 35.9 Å². The molecule has 0 bridgehead atoms. The third kappa shape index (κ3) is 13.6. The molecule has 0 aliphatic carbocycles. The Kier molecular flexibility index (Phi) is 14.1. The van der Waals surface area contributed by atoms with E-state index in [0.29, 0.717) is 23.7 Å². The molecule has 254 valence electrons. The normalized spacial score (nSPS) is 14.9. The van der Waals surface area contributed by atoms with E-state index in [-0.39, 0.29) is 11.7 Å². The standard InChI is InChI=1S/C28H31N3O2.2C2HF3O2/c1-20-18-31(13-12-29-20)19-23-7-4-10-26(15-23)25-9-3-6-22(14-25)17-30-28(33)27-11-5-8-24(16-27)21(2)32;2*3-2(4,5)1(6)7/h3-11,14-16,20,29H,12-13,17-19H2,1-2H3,(H,30,33);2*(H,6,7)/t20-;;/m1../s1. The van der Waals surface area contributed by atoms with Crippen LogP contribution in [0.4, 0.5) is 26.3 Å². The summed E-state index contributed by atoms with van der Waals surface area (Å²) in [6.45, 7) is 8.28. The van der Waals surface area contributed by atoms with Gasteiger partial charge in [0, 0.05) is 49.9 Å². The maximum atomic E-state index is 12.6. The second kappa shape index (κ2) is 17.2. The summed E-state index contributed by atoms with van der Waals surface area (Å²) in [4.78, 5) is 44.4. The van der Waals surface area contributed by atoms with Gasteiger partial charge in [-0.05, 0) is 60.4 Å². The van der Waals surface area contributed by atoms with E-state index in [1.807, 2.05) is 12.1 Å². The van der Waals surface area contributed by atoms with Gasteiger partial charge in [-0.25, -0.2) is 9.59 Å². The van der Waals surface area contributed by atoms with Gasteiger partial charge in [-0.2, -0.15) is 26.3 Å². The fraction of sp³-hybridized carbons (Fsp3) is 0.312. The van der Waals surface area contributed by atoms with Crippen molar-refractivity contribution in [3.05, 3.63) is 95.1 Å². The summed E-state index contributed by atoms with van der Waals surface area (Å²) in [5.74, 6) is -5.75. The number of benzene rings is 3. The van der Waals surface area contributed by atoms with Crippen LogP contribution in [0.25, 0.3) is 11.1 Å². The Balaban J connectivity index is 0.000000459. The lowest BCUT2D eigenvalue weighted by molar-refractivity contribution is -0.193. The van der Waals surface area contributed by atoms with Crippen LogP contribution in [0, 0.1) is 0 Å². The lowest BCUT2D eigenvalue weighted by Crippen LogP contribution is -2.48. The van der Waals surface area contributed by atoms with E-state index in [4.69, 9.17) is 19.8 Å². The molecule has 4 N–H and O–H groups in total. The number of nitrogens with one attached hydrogen (secondary N) is 2. The molecule has 1 aliphatic heterocycles. The van der Waals surface area contributed by atoms with E-state index in [2.05, 4.69) is 58.9 Å². The number of nitrogens with zero attached hydrogens (tertiary/aromatic N) is 1. The van der Waals surface area contributed by atoms with Gasteiger partial charge in [-0.1, -0.05) is 48.5 Å². The monoisotopic (exact) mass is 669 g/mol. The lowest BCUT2D eigenvalue weighted by atomic mass is 10.0. The molecule has 4 rings (SSSR count). The van der Waals surface area contributed by atoms with Crippen LogP contribution in [0.15, 0.2) is 72.8 Å². The molecular weight excluding hydrogens is 636 g/mol. The van der Waals surface area contributed by atoms with Crippen LogP contribution in [-0.4, -0.2) is 76.8 Å². The van der Waals surface area contributed by atoms with Gasteiger partial charge in [0.25, 0.3) is 5.91 Å². The number of aliphatic carboxylic acids is 2. The third-order valence-corrected chi connectivity index (χ3v) is 6.52. The number of Topliss-reactive ketones (excluding diaryl/α,β-unsaturated/α-hetero) is 1. The van der Waals surface area contributed by atoms with Crippen LogP contribution in [-0.2, 0) is 22.7 Å². The molecule has 0 saturated carbocycles.